The molecular formula is C15H10BrClF2O. The summed E-state index contributed by atoms with van der Waals surface area (Å²) in [6.45, 7) is 0.366. The van der Waals surface area contributed by atoms with Crippen molar-refractivity contribution < 1.29 is 13.5 Å². The maximum absolute atomic E-state index is 14.0. The predicted molar refractivity (Wildman–Crippen MR) is 77.3 cm³/mol. The summed E-state index contributed by atoms with van der Waals surface area (Å²) in [5.41, 5.74) is 1.08. The summed E-state index contributed by atoms with van der Waals surface area (Å²) in [6.07, 6.45) is 0. The summed E-state index contributed by atoms with van der Waals surface area (Å²) in [5, 5.41) is -0.679. The van der Waals surface area contributed by atoms with Crippen molar-refractivity contribution in [1.82, 2.24) is 0 Å². The molecule has 1 heterocycles. The maximum atomic E-state index is 14.0. The van der Waals surface area contributed by atoms with Gasteiger partial charge >= 0.3 is 0 Å². The number of benzene rings is 2. The van der Waals surface area contributed by atoms with Crippen LogP contribution in [0.1, 0.15) is 22.4 Å². The molecule has 1 aliphatic heterocycles. The maximum Gasteiger partial charge on any atom is 0.137 e. The number of hydrogen-bond donors (Lipinski definition) is 0. The average Bonchev–Trinajstić information content (AvgIpc) is 2.86. The van der Waals surface area contributed by atoms with Crippen molar-refractivity contribution in [3.63, 3.8) is 0 Å². The average molecular weight is 360 g/mol. The van der Waals surface area contributed by atoms with E-state index in [0.717, 1.165) is 23.4 Å². The van der Waals surface area contributed by atoms with Gasteiger partial charge in [-0.1, -0.05) is 18.2 Å². The molecule has 1 nitrogen and oxygen atoms in total. The van der Waals surface area contributed by atoms with Gasteiger partial charge in [-0.25, -0.2) is 8.78 Å². The molecule has 0 N–H and O–H groups in total. The molecule has 0 saturated heterocycles. The molecule has 0 aliphatic carbocycles. The molecule has 0 fully saturated rings. The fraction of sp³-hybridized carbons (Fsp3) is 0.200. The number of halogens is 4. The number of alkyl halides is 1. The first-order valence-corrected chi connectivity index (χ1v) is 7.31. The molecule has 2 atom stereocenters. The van der Waals surface area contributed by atoms with Crippen LogP contribution in [0.4, 0.5) is 8.78 Å². The Hall–Kier alpha value is -1.13. The van der Waals surface area contributed by atoms with Crippen molar-refractivity contribution in [2.45, 2.75) is 11.3 Å². The second-order valence-corrected chi connectivity index (χ2v) is 5.97. The summed E-state index contributed by atoms with van der Waals surface area (Å²) in [7, 11) is 0. The van der Waals surface area contributed by atoms with Crippen molar-refractivity contribution >= 4 is 27.5 Å². The third kappa shape index (κ3) is 2.31. The highest BCUT2D eigenvalue weighted by molar-refractivity contribution is 9.10. The SMILES string of the molecule is Fc1cc(C(Cl)C2COc3ccccc32)c(F)cc1Br. The van der Waals surface area contributed by atoms with Crippen molar-refractivity contribution in [1.29, 1.82) is 0 Å². The van der Waals surface area contributed by atoms with Crippen LogP contribution in [0.25, 0.3) is 0 Å². The molecule has 104 valence electrons. The highest BCUT2D eigenvalue weighted by atomic mass is 79.9. The fourth-order valence-corrected chi connectivity index (χ4v) is 3.09. The Bertz CT molecular complexity index is 662. The molecule has 5 heteroatoms. The second kappa shape index (κ2) is 5.34. The molecule has 20 heavy (non-hydrogen) atoms. The Labute approximate surface area is 128 Å². The van der Waals surface area contributed by atoms with Crippen LogP contribution in [0.5, 0.6) is 5.75 Å². The smallest absolute Gasteiger partial charge is 0.137 e. The third-order valence-electron chi connectivity index (χ3n) is 3.43. The molecule has 0 aromatic heterocycles. The van der Waals surface area contributed by atoms with Crippen LogP contribution in [0.2, 0.25) is 0 Å². The van der Waals surface area contributed by atoms with Crippen LogP contribution in [-0.2, 0) is 0 Å². The molecular weight excluding hydrogens is 350 g/mol. The van der Waals surface area contributed by atoms with E-state index in [1.165, 1.54) is 0 Å². The van der Waals surface area contributed by atoms with Gasteiger partial charge in [-0.15, -0.1) is 11.6 Å². The lowest BCUT2D eigenvalue weighted by molar-refractivity contribution is 0.326. The lowest BCUT2D eigenvalue weighted by Crippen LogP contribution is -2.10. The van der Waals surface area contributed by atoms with Crippen LogP contribution < -0.4 is 4.74 Å². The van der Waals surface area contributed by atoms with E-state index >= 15 is 0 Å². The van der Waals surface area contributed by atoms with Crippen LogP contribution in [0, 0.1) is 11.6 Å². The number of para-hydroxylation sites is 1. The van der Waals surface area contributed by atoms with Gasteiger partial charge < -0.3 is 4.74 Å². The Morgan fingerprint density at radius 3 is 2.75 bits per heavy atom. The van der Waals surface area contributed by atoms with Crippen LogP contribution >= 0.6 is 27.5 Å². The summed E-state index contributed by atoms with van der Waals surface area (Å²) >= 11 is 9.32. The van der Waals surface area contributed by atoms with Crippen LogP contribution in [-0.4, -0.2) is 6.61 Å². The zero-order chi connectivity index (χ0) is 14.3. The van der Waals surface area contributed by atoms with E-state index in [9.17, 15) is 8.78 Å². The van der Waals surface area contributed by atoms with Gasteiger partial charge in [0.15, 0.2) is 0 Å². The quantitative estimate of drug-likeness (QED) is 0.530. The Morgan fingerprint density at radius 2 is 1.95 bits per heavy atom. The molecule has 1 aliphatic rings. The van der Waals surface area contributed by atoms with Crippen molar-refractivity contribution in [2.75, 3.05) is 6.61 Å². The monoisotopic (exact) mass is 358 g/mol. The molecule has 2 aromatic rings. The Morgan fingerprint density at radius 1 is 1.20 bits per heavy atom. The molecule has 0 saturated carbocycles. The van der Waals surface area contributed by atoms with E-state index < -0.39 is 17.0 Å². The normalized spacial score (nSPS) is 18.5. The van der Waals surface area contributed by atoms with E-state index in [1.54, 1.807) is 0 Å². The van der Waals surface area contributed by atoms with Gasteiger partial charge in [-0.3, -0.25) is 0 Å². The van der Waals surface area contributed by atoms with Gasteiger partial charge in [-0.2, -0.15) is 0 Å². The first-order chi connectivity index (χ1) is 9.58. The largest absolute Gasteiger partial charge is 0.493 e. The van der Waals surface area contributed by atoms with Gasteiger partial charge in [0, 0.05) is 17.0 Å². The zero-order valence-corrected chi connectivity index (χ0v) is 12.6. The van der Waals surface area contributed by atoms with Crippen molar-refractivity contribution in [3.8, 4) is 5.75 Å². The van der Waals surface area contributed by atoms with E-state index in [1.807, 2.05) is 24.3 Å². The van der Waals surface area contributed by atoms with E-state index in [4.69, 9.17) is 16.3 Å². The molecule has 2 aromatic carbocycles. The first kappa shape index (κ1) is 13.8. The van der Waals surface area contributed by atoms with Gasteiger partial charge in [-0.05, 0) is 34.1 Å². The van der Waals surface area contributed by atoms with Crippen molar-refractivity contribution in [3.05, 3.63) is 63.6 Å². The predicted octanol–water partition coefficient (Wildman–Crippen LogP) is 5.18. The molecule has 0 amide bonds. The first-order valence-electron chi connectivity index (χ1n) is 6.08. The lowest BCUT2D eigenvalue weighted by Gasteiger charge is -2.17. The van der Waals surface area contributed by atoms with Gasteiger partial charge in [0.05, 0.1) is 16.5 Å². The summed E-state index contributed by atoms with van der Waals surface area (Å²) in [5.74, 6) is -0.494. The summed E-state index contributed by atoms with van der Waals surface area (Å²) in [4.78, 5) is 0. The van der Waals surface area contributed by atoms with Crippen LogP contribution in [0.3, 0.4) is 0 Å². The highest BCUT2D eigenvalue weighted by Crippen LogP contribution is 2.45. The second-order valence-electron chi connectivity index (χ2n) is 4.64. The molecule has 3 rings (SSSR count). The summed E-state index contributed by atoms with van der Waals surface area (Å²) < 4.78 is 33.2. The minimum Gasteiger partial charge on any atom is -0.493 e. The number of ether oxygens (including phenoxy) is 1. The summed E-state index contributed by atoms with van der Waals surface area (Å²) in [6, 6.07) is 9.72. The van der Waals surface area contributed by atoms with Gasteiger partial charge in [0.2, 0.25) is 0 Å². The topological polar surface area (TPSA) is 9.23 Å². The fourth-order valence-electron chi connectivity index (χ4n) is 2.40. The highest BCUT2D eigenvalue weighted by Gasteiger charge is 2.32. The molecule has 0 bridgehead atoms. The van der Waals surface area contributed by atoms with E-state index in [-0.39, 0.29) is 16.0 Å². The number of hydrogen-bond acceptors (Lipinski definition) is 1. The minimum absolute atomic E-state index is 0.0886. The minimum atomic E-state index is -0.679. The molecule has 0 radical (unpaired) electrons. The molecule has 0 spiro atoms. The number of fused-ring (bicyclic) bond motifs is 1. The van der Waals surface area contributed by atoms with Crippen LogP contribution in [0.15, 0.2) is 40.9 Å². The Balaban J connectivity index is 1.98. The van der Waals surface area contributed by atoms with Gasteiger partial charge in [0.25, 0.3) is 0 Å². The zero-order valence-electron chi connectivity index (χ0n) is 10.2. The lowest BCUT2D eigenvalue weighted by atomic mass is 9.93. The number of rotatable bonds is 2. The van der Waals surface area contributed by atoms with Gasteiger partial charge in [0.1, 0.15) is 17.4 Å². The molecule has 2 unspecified atom stereocenters. The van der Waals surface area contributed by atoms with E-state index in [2.05, 4.69) is 15.9 Å². The van der Waals surface area contributed by atoms with Crippen molar-refractivity contribution in [2.24, 2.45) is 0 Å². The Kier molecular flexibility index (Phi) is 3.69. The standard InChI is InChI=1S/C15H10BrClF2O/c16-11-6-12(18)9(5-13(11)19)15(17)10-7-20-14-4-2-1-3-8(10)14/h1-6,10,15H,7H2. The third-order valence-corrected chi connectivity index (χ3v) is 4.57. The van der Waals surface area contributed by atoms with E-state index in [0.29, 0.717) is 6.61 Å².